The molecule has 1 aromatic carbocycles. The van der Waals surface area contributed by atoms with E-state index in [9.17, 15) is 10.4 Å². The van der Waals surface area contributed by atoms with E-state index in [1.807, 2.05) is 24.3 Å². The van der Waals surface area contributed by atoms with Gasteiger partial charge in [0, 0.05) is 24.7 Å². The zero-order valence-corrected chi connectivity index (χ0v) is 9.87. The van der Waals surface area contributed by atoms with E-state index in [4.69, 9.17) is 0 Å². The summed E-state index contributed by atoms with van der Waals surface area (Å²) in [6.07, 6.45) is 2.06. The lowest BCUT2D eigenvalue weighted by Gasteiger charge is -2.21. The Morgan fingerprint density at radius 3 is 2.94 bits per heavy atom. The molecule has 0 amide bonds. The molecule has 1 saturated heterocycles. The van der Waals surface area contributed by atoms with Crippen LogP contribution in [-0.4, -0.2) is 29.3 Å². The van der Waals surface area contributed by atoms with E-state index < -0.39 is 0 Å². The first kappa shape index (κ1) is 11.0. The zero-order chi connectivity index (χ0) is 12.5. The van der Waals surface area contributed by atoms with E-state index >= 15 is 0 Å². The Kier molecular flexibility index (Phi) is 2.62. The Hall–Kier alpha value is -2.12. The summed E-state index contributed by atoms with van der Waals surface area (Å²) in [5.74, 6) is 0. The van der Waals surface area contributed by atoms with Crippen molar-refractivity contribution in [3.8, 4) is 6.07 Å². The second-order valence-corrected chi connectivity index (χ2v) is 4.54. The number of nitrogens with zero attached hydrogens (tertiary/aromatic N) is 3. The molecule has 0 saturated carbocycles. The third-order valence-electron chi connectivity index (χ3n) is 3.35. The fourth-order valence-corrected chi connectivity index (χ4v) is 2.49. The molecule has 1 atom stereocenters. The first-order valence-corrected chi connectivity index (χ1v) is 6.00. The van der Waals surface area contributed by atoms with Crippen LogP contribution < -0.4 is 4.90 Å². The van der Waals surface area contributed by atoms with Crippen molar-refractivity contribution in [1.82, 2.24) is 4.98 Å². The van der Waals surface area contributed by atoms with Gasteiger partial charge in [-0.2, -0.15) is 5.26 Å². The number of aromatic nitrogens is 1. The molecule has 0 aliphatic carbocycles. The Bertz CT molecular complexity index is 632. The standard InChI is InChI=1S/C14H13N3O/c15-7-10-8-16-13-4-2-1-3-12(13)14(10)17-6-5-11(18)9-17/h1-4,8,11,18H,5-6,9H2/t11-/m1/s1. The molecule has 4 heteroatoms. The average Bonchev–Trinajstić information content (AvgIpc) is 2.83. The molecule has 0 bridgehead atoms. The highest BCUT2D eigenvalue weighted by atomic mass is 16.3. The average molecular weight is 239 g/mol. The Balaban J connectivity index is 2.21. The lowest BCUT2D eigenvalue weighted by Crippen LogP contribution is -2.22. The maximum atomic E-state index is 9.66. The first-order chi connectivity index (χ1) is 8.79. The van der Waals surface area contributed by atoms with Crippen molar-refractivity contribution in [3.63, 3.8) is 0 Å². The monoisotopic (exact) mass is 239 g/mol. The van der Waals surface area contributed by atoms with E-state index in [-0.39, 0.29) is 6.10 Å². The van der Waals surface area contributed by atoms with Crippen LogP contribution >= 0.6 is 0 Å². The van der Waals surface area contributed by atoms with Crippen LogP contribution in [0.25, 0.3) is 10.9 Å². The SMILES string of the molecule is N#Cc1cnc2ccccc2c1N1CC[C@@H](O)C1. The van der Waals surface area contributed by atoms with Crippen molar-refractivity contribution in [1.29, 1.82) is 5.26 Å². The number of fused-ring (bicyclic) bond motifs is 1. The summed E-state index contributed by atoms with van der Waals surface area (Å²) in [6.45, 7) is 1.37. The summed E-state index contributed by atoms with van der Waals surface area (Å²) in [6, 6.07) is 9.99. The molecule has 18 heavy (non-hydrogen) atoms. The highest BCUT2D eigenvalue weighted by molar-refractivity contribution is 5.94. The van der Waals surface area contributed by atoms with Gasteiger partial charge in [-0.15, -0.1) is 0 Å². The fraction of sp³-hybridized carbons (Fsp3) is 0.286. The minimum atomic E-state index is -0.302. The molecule has 2 heterocycles. The maximum Gasteiger partial charge on any atom is 0.103 e. The second-order valence-electron chi connectivity index (χ2n) is 4.54. The smallest absolute Gasteiger partial charge is 0.103 e. The van der Waals surface area contributed by atoms with Gasteiger partial charge in [0.2, 0.25) is 0 Å². The molecule has 0 unspecified atom stereocenters. The lowest BCUT2D eigenvalue weighted by atomic mass is 10.1. The molecule has 3 rings (SSSR count). The number of para-hydroxylation sites is 1. The third-order valence-corrected chi connectivity index (χ3v) is 3.35. The second kappa shape index (κ2) is 4.28. The van der Waals surface area contributed by atoms with Crippen molar-refractivity contribution >= 4 is 16.6 Å². The van der Waals surface area contributed by atoms with Gasteiger partial charge in [0.15, 0.2) is 0 Å². The third kappa shape index (κ3) is 1.69. The molecule has 0 spiro atoms. The summed E-state index contributed by atoms with van der Waals surface area (Å²) in [5.41, 5.74) is 2.36. The van der Waals surface area contributed by atoms with Gasteiger partial charge in [-0.05, 0) is 12.5 Å². The fourth-order valence-electron chi connectivity index (χ4n) is 2.49. The summed E-state index contributed by atoms with van der Waals surface area (Å²) < 4.78 is 0. The quantitative estimate of drug-likeness (QED) is 0.822. The van der Waals surface area contributed by atoms with Crippen molar-refractivity contribution in [3.05, 3.63) is 36.0 Å². The number of benzene rings is 1. The number of rotatable bonds is 1. The van der Waals surface area contributed by atoms with Crippen LogP contribution in [0.4, 0.5) is 5.69 Å². The highest BCUT2D eigenvalue weighted by Crippen LogP contribution is 2.31. The highest BCUT2D eigenvalue weighted by Gasteiger charge is 2.24. The predicted molar refractivity (Wildman–Crippen MR) is 69.3 cm³/mol. The normalized spacial score (nSPS) is 19.1. The van der Waals surface area contributed by atoms with E-state index in [1.54, 1.807) is 6.20 Å². The molecular weight excluding hydrogens is 226 g/mol. The molecular formula is C14H13N3O. The molecule has 2 aromatic rings. The van der Waals surface area contributed by atoms with E-state index in [2.05, 4.69) is 16.0 Å². The number of nitriles is 1. The number of pyridine rings is 1. The first-order valence-electron chi connectivity index (χ1n) is 6.00. The van der Waals surface area contributed by atoms with Crippen LogP contribution in [0.15, 0.2) is 30.5 Å². The van der Waals surface area contributed by atoms with E-state index in [0.717, 1.165) is 29.6 Å². The van der Waals surface area contributed by atoms with Crippen LogP contribution in [0.2, 0.25) is 0 Å². The maximum absolute atomic E-state index is 9.66. The number of hydrogen-bond donors (Lipinski definition) is 1. The van der Waals surface area contributed by atoms with Crippen LogP contribution in [0.5, 0.6) is 0 Å². The van der Waals surface area contributed by atoms with Gasteiger partial charge >= 0.3 is 0 Å². The topological polar surface area (TPSA) is 60.2 Å². The molecule has 1 aliphatic heterocycles. The van der Waals surface area contributed by atoms with Crippen molar-refractivity contribution < 1.29 is 5.11 Å². The van der Waals surface area contributed by atoms with Gasteiger partial charge in [-0.3, -0.25) is 4.98 Å². The van der Waals surface area contributed by atoms with Crippen molar-refractivity contribution in [2.75, 3.05) is 18.0 Å². The molecule has 0 radical (unpaired) electrons. The zero-order valence-electron chi connectivity index (χ0n) is 9.87. The molecule has 1 aromatic heterocycles. The lowest BCUT2D eigenvalue weighted by molar-refractivity contribution is 0.198. The molecule has 1 aliphatic rings. The van der Waals surface area contributed by atoms with Crippen LogP contribution in [-0.2, 0) is 0 Å². The number of hydrogen-bond acceptors (Lipinski definition) is 4. The molecule has 90 valence electrons. The van der Waals surface area contributed by atoms with Crippen molar-refractivity contribution in [2.24, 2.45) is 0 Å². The largest absolute Gasteiger partial charge is 0.391 e. The molecule has 1 fully saturated rings. The predicted octanol–water partition coefficient (Wildman–Crippen LogP) is 1.68. The van der Waals surface area contributed by atoms with Gasteiger partial charge in [0.05, 0.1) is 22.9 Å². The van der Waals surface area contributed by atoms with Gasteiger partial charge in [-0.1, -0.05) is 18.2 Å². The minimum absolute atomic E-state index is 0.302. The van der Waals surface area contributed by atoms with E-state index in [1.165, 1.54) is 0 Å². The van der Waals surface area contributed by atoms with Crippen LogP contribution in [0.1, 0.15) is 12.0 Å². The number of anilines is 1. The summed E-state index contributed by atoms with van der Waals surface area (Å²) in [7, 11) is 0. The number of aliphatic hydroxyl groups is 1. The Morgan fingerprint density at radius 1 is 1.39 bits per heavy atom. The van der Waals surface area contributed by atoms with Crippen LogP contribution in [0.3, 0.4) is 0 Å². The van der Waals surface area contributed by atoms with Gasteiger partial charge < -0.3 is 10.0 Å². The van der Waals surface area contributed by atoms with Crippen molar-refractivity contribution in [2.45, 2.75) is 12.5 Å². The van der Waals surface area contributed by atoms with Crippen LogP contribution in [0, 0.1) is 11.3 Å². The van der Waals surface area contributed by atoms with Gasteiger partial charge in [-0.25, -0.2) is 0 Å². The Morgan fingerprint density at radius 2 is 2.22 bits per heavy atom. The molecule has 4 nitrogen and oxygen atoms in total. The summed E-state index contributed by atoms with van der Waals surface area (Å²) in [4.78, 5) is 6.37. The number of aliphatic hydroxyl groups excluding tert-OH is 1. The minimum Gasteiger partial charge on any atom is -0.391 e. The van der Waals surface area contributed by atoms with Gasteiger partial charge in [0.25, 0.3) is 0 Å². The molecule has 1 N–H and O–H groups in total. The summed E-state index contributed by atoms with van der Waals surface area (Å²) >= 11 is 0. The van der Waals surface area contributed by atoms with E-state index in [0.29, 0.717) is 12.1 Å². The Labute approximate surface area is 105 Å². The summed E-state index contributed by atoms with van der Waals surface area (Å²) in [5, 5.41) is 19.9. The number of β-amino-alcohol motifs (C(OH)–C–C–N with tert-alkyl or cyclic N) is 1. The van der Waals surface area contributed by atoms with Gasteiger partial charge in [0.1, 0.15) is 6.07 Å².